The van der Waals surface area contributed by atoms with E-state index in [-0.39, 0.29) is 18.0 Å². The number of amides is 1. The molecule has 1 amide bonds. The Balaban J connectivity index is 2.45. The Bertz CT molecular complexity index is 421. The summed E-state index contributed by atoms with van der Waals surface area (Å²) in [5.41, 5.74) is 0. The summed E-state index contributed by atoms with van der Waals surface area (Å²) in [6, 6.07) is 0. The second-order valence-electron chi connectivity index (χ2n) is 8.51. The van der Waals surface area contributed by atoms with Gasteiger partial charge in [-0.25, -0.2) is 4.79 Å². The minimum atomic E-state index is -0.0933. The van der Waals surface area contributed by atoms with Gasteiger partial charge in [0, 0.05) is 19.9 Å². The molecule has 140 valence electrons. The molecule has 0 heterocycles. The number of nitrogens with zero attached hydrogens (tertiary/aromatic N) is 1. The maximum Gasteiger partial charge on any atom is 0.362 e. The Morgan fingerprint density at radius 3 is 2.50 bits per heavy atom. The van der Waals surface area contributed by atoms with Gasteiger partial charge in [0.2, 0.25) is 5.91 Å². The fourth-order valence-electron chi connectivity index (χ4n) is 3.66. The van der Waals surface area contributed by atoms with Gasteiger partial charge < -0.3 is 14.5 Å². The van der Waals surface area contributed by atoms with Crippen LogP contribution in [0.4, 0.5) is 0 Å². The highest BCUT2D eigenvalue weighted by atomic mass is 16.5. The number of nitrogens with one attached hydrogen (secondary N) is 1. The summed E-state index contributed by atoms with van der Waals surface area (Å²) in [6.45, 7) is 10.1. The lowest BCUT2D eigenvalue weighted by Gasteiger charge is -2.37. The molecule has 0 aliphatic heterocycles. The van der Waals surface area contributed by atoms with Crippen LogP contribution in [-0.4, -0.2) is 56.2 Å². The van der Waals surface area contributed by atoms with Crippen molar-refractivity contribution in [3.05, 3.63) is 0 Å². The summed E-state index contributed by atoms with van der Waals surface area (Å²) in [7, 11) is 4.08. The topological polar surface area (TPSA) is 55.4 Å². The van der Waals surface area contributed by atoms with Crippen LogP contribution in [0.5, 0.6) is 0 Å². The van der Waals surface area contributed by atoms with E-state index in [1.807, 2.05) is 14.1 Å². The van der Waals surface area contributed by atoms with Gasteiger partial charge >= 0.3 is 5.97 Å². The van der Waals surface area contributed by atoms with Gasteiger partial charge in [0.25, 0.3) is 0 Å². The Hall–Kier alpha value is -1.10. The maximum absolute atomic E-state index is 12.4. The molecule has 5 nitrogen and oxygen atoms in total. The SMILES string of the molecule is CC(=O)NCCC[N+](C)(C)CC(=O)OC1CC(C)CCC1C(C)C. The lowest BCUT2D eigenvalue weighted by Crippen LogP contribution is -2.47. The van der Waals surface area contributed by atoms with Crippen LogP contribution in [0.1, 0.15) is 53.4 Å². The first kappa shape index (κ1) is 20.9. The molecule has 1 saturated carbocycles. The van der Waals surface area contributed by atoms with Gasteiger partial charge in [-0.2, -0.15) is 0 Å². The zero-order valence-corrected chi connectivity index (χ0v) is 16.4. The number of carbonyl (C=O) groups is 2. The predicted octanol–water partition coefficient (Wildman–Crippen LogP) is 2.59. The molecule has 0 bridgehead atoms. The number of rotatable bonds is 8. The molecule has 0 aromatic rings. The van der Waals surface area contributed by atoms with Gasteiger partial charge in [0.05, 0.1) is 20.6 Å². The van der Waals surface area contributed by atoms with Gasteiger partial charge in [-0.1, -0.05) is 27.2 Å². The highest BCUT2D eigenvalue weighted by molar-refractivity contribution is 5.72. The van der Waals surface area contributed by atoms with Crippen molar-refractivity contribution in [3.63, 3.8) is 0 Å². The number of carbonyl (C=O) groups excluding carboxylic acids is 2. The van der Waals surface area contributed by atoms with Crippen molar-refractivity contribution in [2.75, 3.05) is 33.7 Å². The van der Waals surface area contributed by atoms with Gasteiger partial charge in [0.1, 0.15) is 6.10 Å². The summed E-state index contributed by atoms with van der Waals surface area (Å²) >= 11 is 0. The normalized spacial score (nSPS) is 24.7. The molecular weight excluding hydrogens is 304 g/mol. The summed E-state index contributed by atoms with van der Waals surface area (Å²) in [4.78, 5) is 23.3. The number of esters is 1. The smallest absolute Gasteiger partial charge is 0.362 e. The van der Waals surface area contributed by atoms with Gasteiger partial charge in [-0.05, 0) is 30.6 Å². The molecule has 0 radical (unpaired) electrons. The zero-order valence-electron chi connectivity index (χ0n) is 16.4. The predicted molar refractivity (Wildman–Crippen MR) is 96.4 cm³/mol. The van der Waals surface area contributed by atoms with Crippen LogP contribution in [0.2, 0.25) is 0 Å². The van der Waals surface area contributed by atoms with Crippen molar-refractivity contribution in [1.29, 1.82) is 0 Å². The Labute approximate surface area is 147 Å². The van der Waals surface area contributed by atoms with Crippen LogP contribution in [-0.2, 0) is 14.3 Å². The van der Waals surface area contributed by atoms with Crippen molar-refractivity contribution in [3.8, 4) is 0 Å². The van der Waals surface area contributed by atoms with Crippen LogP contribution in [0.3, 0.4) is 0 Å². The van der Waals surface area contributed by atoms with Crippen molar-refractivity contribution in [2.24, 2.45) is 17.8 Å². The number of likely N-dealkylation sites (N-methyl/N-ethyl adjacent to an activating group) is 1. The minimum absolute atomic E-state index is 0.00846. The van der Waals surface area contributed by atoms with E-state index in [0.29, 0.717) is 35.3 Å². The van der Waals surface area contributed by atoms with Crippen molar-refractivity contribution in [2.45, 2.75) is 59.5 Å². The van der Waals surface area contributed by atoms with E-state index in [9.17, 15) is 9.59 Å². The molecule has 0 aromatic heterocycles. The van der Waals surface area contributed by atoms with Crippen LogP contribution in [0, 0.1) is 17.8 Å². The van der Waals surface area contributed by atoms with Crippen molar-refractivity contribution < 1.29 is 18.8 Å². The molecule has 3 unspecified atom stereocenters. The van der Waals surface area contributed by atoms with E-state index in [1.54, 1.807) is 0 Å². The maximum atomic E-state index is 12.4. The first-order valence-electron chi connectivity index (χ1n) is 9.36. The molecule has 1 aliphatic rings. The fraction of sp³-hybridized carbons (Fsp3) is 0.895. The van der Waals surface area contributed by atoms with Crippen LogP contribution >= 0.6 is 0 Å². The minimum Gasteiger partial charge on any atom is -0.458 e. The molecule has 0 saturated heterocycles. The molecular formula is C19H37N2O3+. The molecule has 24 heavy (non-hydrogen) atoms. The van der Waals surface area contributed by atoms with Gasteiger partial charge in [0.15, 0.2) is 6.54 Å². The Morgan fingerprint density at radius 1 is 1.25 bits per heavy atom. The Morgan fingerprint density at radius 2 is 1.92 bits per heavy atom. The second-order valence-corrected chi connectivity index (χ2v) is 8.51. The van der Waals surface area contributed by atoms with E-state index < -0.39 is 0 Å². The molecule has 0 aromatic carbocycles. The van der Waals surface area contributed by atoms with E-state index in [4.69, 9.17) is 4.74 Å². The largest absolute Gasteiger partial charge is 0.458 e. The summed E-state index contributed by atoms with van der Waals surface area (Å²) in [5.74, 6) is 1.57. The lowest BCUT2D eigenvalue weighted by atomic mass is 9.75. The second kappa shape index (κ2) is 9.40. The molecule has 3 atom stereocenters. The highest BCUT2D eigenvalue weighted by Crippen LogP contribution is 2.35. The monoisotopic (exact) mass is 341 g/mol. The van der Waals surface area contributed by atoms with E-state index in [0.717, 1.165) is 25.8 Å². The summed E-state index contributed by atoms with van der Waals surface area (Å²) in [5, 5.41) is 2.80. The average molecular weight is 342 g/mol. The van der Waals surface area contributed by atoms with Crippen molar-refractivity contribution in [1.82, 2.24) is 5.32 Å². The zero-order chi connectivity index (χ0) is 18.3. The van der Waals surface area contributed by atoms with Crippen LogP contribution in [0.25, 0.3) is 0 Å². The van der Waals surface area contributed by atoms with Crippen molar-refractivity contribution >= 4 is 11.9 Å². The van der Waals surface area contributed by atoms with Gasteiger partial charge in [-0.3, -0.25) is 4.79 Å². The third-order valence-electron chi connectivity index (χ3n) is 5.12. The first-order valence-corrected chi connectivity index (χ1v) is 9.36. The number of quaternary nitrogens is 1. The molecule has 1 N–H and O–H groups in total. The van der Waals surface area contributed by atoms with E-state index in [2.05, 4.69) is 26.1 Å². The molecule has 1 rings (SSSR count). The average Bonchev–Trinajstić information content (AvgIpc) is 2.42. The molecule has 1 fully saturated rings. The third kappa shape index (κ3) is 7.65. The molecule has 1 aliphatic carbocycles. The summed E-state index contributed by atoms with van der Waals surface area (Å²) < 4.78 is 6.48. The van der Waals surface area contributed by atoms with Crippen LogP contribution in [0.15, 0.2) is 0 Å². The summed E-state index contributed by atoms with van der Waals surface area (Å²) in [6.07, 6.45) is 4.31. The van der Waals surface area contributed by atoms with E-state index >= 15 is 0 Å². The standard InChI is InChI=1S/C19H36N2O3/c1-14(2)17-9-8-15(3)12-18(17)24-19(23)13-21(5,6)11-7-10-20-16(4)22/h14-15,17-18H,7-13H2,1-6H3/p+1. The van der Waals surface area contributed by atoms with Crippen LogP contribution < -0.4 is 5.32 Å². The Kier molecular flexibility index (Phi) is 8.20. The lowest BCUT2D eigenvalue weighted by molar-refractivity contribution is -0.883. The first-order chi connectivity index (χ1) is 11.1. The highest BCUT2D eigenvalue weighted by Gasteiger charge is 2.34. The van der Waals surface area contributed by atoms with E-state index in [1.165, 1.54) is 13.3 Å². The van der Waals surface area contributed by atoms with Gasteiger partial charge in [-0.15, -0.1) is 0 Å². The quantitative estimate of drug-likeness (QED) is 0.419. The number of hydrogen-bond acceptors (Lipinski definition) is 3. The molecule has 5 heteroatoms. The number of ether oxygens (including phenoxy) is 1. The molecule has 0 spiro atoms. The third-order valence-corrected chi connectivity index (χ3v) is 5.12. The number of hydrogen-bond donors (Lipinski definition) is 1. The fourth-order valence-corrected chi connectivity index (χ4v) is 3.66.